The first-order valence-corrected chi connectivity index (χ1v) is 8.67. The summed E-state index contributed by atoms with van der Waals surface area (Å²) < 4.78 is 13.3. The molecule has 0 spiro atoms. The van der Waals surface area contributed by atoms with Crippen molar-refractivity contribution >= 4 is 5.91 Å². The van der Waals surface area contributed by atoms with Crippen LogP contribution in [0.5, 0.6) is 0 Å². The molecule has 0 N–H and O–H groups in total. The topological polar surface area (TPSA) is 56.6 Å². The summed E-state index contributed by atoms with van der Waals surface area (Å²) in [6, 6.07) is 0.133. The highest BCUT2D eigenvalue weighted by Gasteiger charge is 2.33. The van der Waals surface area contributed by atoms with E-state index in [0.29, 0.717) is 6.61 Å². The standard InChI is InChI=1S/C17H27N3O3/c1-13(23-12-15-6-3-4-9-22-15)17(21)20-8-5-7-16(20)14-10-18-19(2)11-14/h10-11,13,15-16H,3-9,12H2,1-2H3/t13-,15-,16-/m0/s1. The fourth-order valence-corrected chi connectivity index (χ4v) is 3.48. The van der Waals surface area contributed by atoms with E-state index in [2.05, 4.69) is 5.10 Å². The number of nitrogens with zero attached hydrogens (tertiary/aromatic N) is 3. The fourth-order valence-electron chi connectivity index (χ4n) is 3.48. The Morgan fingerprint density at radius 3 is 3.00 bits per heavy atom. The van der Waals surface area contributed by atoms with Crippen LogP contribution in [0.1, 0.15) is 50.6 Å². The van der Waals surface area contributed by atoms with Gasteiger partial charge in [-0.05, 0) is 39.0 Å². The second kappa shape index (κ2) is 7.45. The molecule has 0 aromatic carbocycles. The highest BCUT2D eigenvalue weighted by molar-refractivity contribution is 5.81. The molecule has 1 aromatic rings. The van der Waals surface area contributed by atoms with Crippen LogP contribution < -0.4 is 0 Å². The molecule has 3 heterocycles. The van der Waals surface area contributed by atoms with Gasteiger partial charge in [0.2, 0.25) is 0 Å². The molecule has 1 amide bonds. The monoisotopic (exact) mass is 321 g/mol. The van der Waals surface area contributed by atoms with Crippen LogP contribution in [0.3, 0.4) is 0 Å². The number of aromatic nitrogens is 2. The zero-order valence-corrected chi connectivity index (χ0v) is 14.1. The Balaban J connectivity index is 1.55. The molecule has 1 aromatic heterocycles. The van der Waals surface area contributed by atoms with E-state index in [4.69, 9.17) is 9.47 Å². The third-order valence-electron chi connectivity index (χ3n) is 4.80. The van der Waals surface area contributed by atoms with E-state index in [-0.39, 0.29) is 18.1 Å². The number of amides is 1. The van der Waals surface area contributed by atoms with Crippen molar-refractivity contribution in [3.05, 3.63) is 18.0 Å². The molecule has 0 radical (unpaired) electrons. The lowest BCUT2D eigenvalue weighted by molar-refractivity contribution is -0.147. The summed E-state index contributed by atoms with van der Waals surface area (Å²) in [4.78, 5) is 14.7. The van der Waals surface area contributed by atoms with E-state index in [0.717, 1.165) is 44.4 Å². The minimum Gasteiger partial charge on any atom is -0.376 e. The van der Waals surface area contributed by atoms with Crippen LogP contribution in [0.15, 0.2) is 12.4 Å². The van der Waals surface area contributed by atoms with Gasteiger partial charge in [-0.2, -0.15) is 5.10 Å². The maximum atomic E-state index is 12.7. The first-order chi connectivity index (χ1) is 11.1. The zero-order chi connectivity index (χ0) is 16.2. The van der Waals surface area contributed by atoms with Gasteiger partial charge in [-0.1, -0.05) is 0 Å². The number of hydrogen-bond acceptors (Lipinski definition) is 4. The van der Waals surface area contributed by atoms with Crippen molar-refractivity contribution in [2.75, 3.05) is 19.8 Å². The van der Waals surface area contributed by atoms with Crippen molar-refractivity contribution in [2.45, 2.75) is 57.3 Å². The van der Waals surface area contributed by atoms with E-state index >= 15 is 0 Å². The van der Waals surface area contributed by atoms with Gasteiger partial charge in [0.25, 0.3) is 5.91 Å². The summed E-state index contributed by atoms with van der Waals surface area (Å²) in [6.45, 7) is 3.97. The molecule has 128 valence electrons. The third kappa shape index (κ3) is 3.93. The summed E-state index contributed by atoms with van der Waals surface area (Å²) in [5, 5.41) is 4.23. The molecule has 23 heavy (non-hydrogen) atoms. The molecule has 0 aliphatic carbocycles. The van der Waals surface area contributed by atoms with Crippen molar-refractivity contribution in [3.8, 4) is 0 Å². The minimum absolute atomic E-state index is 0.0761. The normalized spacial score (nSPS) is 26.4. The number of carbonyl (C=O) groups is 1. The van der Waals surface area contributed by atoms with Gasteiger partial charge in [0.05, 0.1) is 24.9 Å². The molecule has 2 saturated heterocycles. The number of rotatable bonds is 5. The lowest BCUT2D eigenvalue weighted by Crippen LogP contribution is -2.40. The molecule has 2 aliphatic rings. The maximum absolute atomic E-state index is 12.7. The molecule has 6 nitrogen and oxygen atoms in total. The van der Waals surface area contributed by atoms with Gasteiger partial charge in [-0.15, -0.1) is 0 Å². The van der Waals surface area contributed by atoms with Gasteiger partial charge in [0.1, 0.15) is 6.10 Å². The SMILES string of the molecule is C[C@H](OC[C@@H]1CCCCO1)C(=O)N1CCC[C@H]1c1cnn(C)c1. The Morgan fingerprint density at radius 2 is 2.30 bits per heavy atom. The molecule has 3 rings (SSSR count). The van der Waals surface area contributed by atoms with E-state index in [1.165, 1.54) is 6.42 Å². The van der Waals surface area contributed by atoms with Gasteiger partial charge in [-0.25, -0.2) is 0 Å². The number of likely N-dealkylation sites (tertiary alicyclic amines) is 1. The molecule has 0 unspecified atom stereocenters. The Morgan fingerprint density at radius 1 is 1.43 bits per heavy atom. The predicted molar refractivity (Wildman–Crippen MR) is 85.9 cm³/mol. The Kier molecular flexibility index (Phi) is 5.33. The van der Waals surface area contributed by atoms with Crippen molar-refractivity contribution in [3.63, 3.8) is 0 Å². The molecular formula is C17H27N3O3. The Hall–Kier alpha value is -1.40. The van der Waals surface area contributed by atoms with Gasteiger partial charge in [0, 0.05) is 32.0 Å². The zero-order valence-electron chi connectivity index (χ0n) is 14.1. The van der Waals surface area contributed by atoms with Crippen LogP contribution in [-0.4, -0.2) is 52.6 Å². The van der Waals surface area contributed by atoms with E-state index in [9.17, 15) is 4.79 Å². The number of aryl methyl sites for hydroxylation is 1. The predicted octanol–water partition coefficient (Wildman–Crippen LogP) is 2.06. The molecule has 2 fully saturated rings. The third-order valence-corrected chi connectivity index (χ3v) is 4.80. The van der Waals surface area contributed by atoms with Crippen LogP contribution >= 0.6 is 0 Å². The van der Waals surface area contributed by atoms with E-state index in [1.54, 1.807) is 4.68 Å². The van der Waals surface area contributed by atoms with Crippen molar-refractivity contribution in [1.29, 1.82) is 0 Å². The summed E-state index contributed by atoms with van der Waals surface area (Å²) in [6.07, 6.45) is 8.96. The number of ether oxygens (including phenoxy) is 2. The maximum Gasteiger partial charge on any atom is 0.251 e. The summed E-state index contributed by atoms with van der Waals surface area (Å²) in [5.41, 5.74) is 1.11. The minimum atomic E-state index is -0.419. The quantitative estimate of drug-likeness (QED) is 0.833. The summed E-state index contributed by atoms with van der Waals surface area (Å²) in [7, 11) is 1.90. The van der Waals surface area contributed by atoms with Crippen LogP contribution in [0.25, 0.3) is 0 Å². The van der Waals surface area contributed by atoms with Gasteiger partial charge in [-0.3, -0.25) is 9.48 Å². The van der Waals surface area contributed by atoms with Crippen LogP contribution in [0.4, 0.5) is 0 Å². The van der Waals surface area contributed by atoms with Gasteiger partial charge < -0.3 is 14.4 Å². The largest absolute Gasteiger partial charge is 0.376 e. The molecule has 0 saturated carbocycles. The van der Waals surface area contributed by atoms with E-state index in [1.807, 2.05) is 31.3 Å². The summed E-state index contributed by atoms with van der Waals surface area (Å²) in [5.74, 6) is 0.0761. The van der Waals surface area contributed by atoms with Crippen molar-refractivity contribution in [1.82, 2.24) is 14.7 Å². The number of carbonyl (C=O) groups excluding carboxylic acids is 1. The average molecular weight is 321 g/mol. The molecule has 2 aliphatic heterocycles. The number of hydrogen-bond donors (Lipinski definition) is 0. The molecule has 6 heteroatoms. The molecule has 3 atom stereocenters. The van der Waals surface area contributed by atoms with Crippen molar-refractivity contribution < 1.29 is 14.3 Å². The Bertz CT molecular complexity index is 525. The molecule has 0 bridgehead atoms. The molecular weight excluding hydrogens is 294 g/mol. The summed E-state index contributed by atoms with van der Waals surface area (Å²) >= 11 is 0. The average Bonchev–Trinajstić information content (AvgIpc) is 3.21. The van der Waals surface area contributed by atoms with Crippen LogP contribution in [0, 0.1) is 0 Å². The Labute approximate surface area is 137 Å². The highest BCUT2D eigenvalue weighted by Crippen LogP contribution is 2.32. The van der Waals surface area contributed by atoms with E-state index < -0.39 is 6.10 Å². The lowest BCUT2D eigenvalue weighted by Gasteiger charge is -2.28. The smallest absolute Gasteiger partial charge is 0.251 e. The first-order valence-electron chi connectivity index (χ1n) is 8.67. The van der Waals surface area contributed by atoms with Crippen molar-refractivity contribution in [2.24, 2.45) is 7.05 Å². The second-order valence-corrected chi connectivity index (χ2v) is 6.60. The highest BCUT2D eigenvalue weighted by atomic mass is 16.5. The lowest BCUT2D eigenvalue weighted by atomic mass is 10.1. The fraction of sp³-hybridized carbons (Fsp3) is 0.765. The van der Waals surface area contributed by atoms with Gasteiger partial charge in [0.15, 0.2) is 0 Å². The first kappa shape index (κ1) is 16.5. The second-order valence-electron chi connectivity index (χ2n) is 6.60. The van der Waals surface area contributed by atoms with Crippen LogP contribution in [-0.2, 0) is 21.3 Å². The van der Waals surface area contributed by atoms with Gasteiger partial charge >= 0.3 is 0 Å². The van der Waals surface area contributed by atoms with Crippen LogP contribution in [0.2, 0.25) is 0 Å².